The van der Waals surface area contributed by atoms with Gasteiger partial charge >= 0.3 is 0 Å². The molecule has 0 unspecified atom stereocenters. The van der Waals surface area contributed by atoms with Crippen molar-refractivity contribution in [3.8, 4) is 11.3 Å². The second-order valence-corrected chi connectivity index (χ2v) is 9.24. The molecule has 1 aliphatic heterocycles. The zero-order valence-corrected chi connectivity index (χ0v) is 18.2. The van der Waals surface area contributed by atoms with E-state index in [1.807, 2.05) is 41.8 Å². The molecule has 1 saturated heterocycles. The number of carbonyl (C=O) groups is 2. The third-order valence-corrected chi connectivity index (χ3v) is 7.20. The smallest absolute Gasteiger partial charge is 0.231 e. The van der Waals surface area contributed by atoms with Crippen LogP contribution in [0.4, 0.5) is 10.8 Å². The highest BCUT2D eigenvalue weighted by atomic mass is 32.1. The number of anilines is 2. The van der Waals surface area contributed by atoms with Crippen molar-refractivity contribution in [3.05, 3.63) is 77.2 Å². The highest BCUT2D eigenvalue weighted by molar-refractivity contribution is 7.14. The van der Waals surface area contributed by atoms with Crippen LogP contribution in [-0.2, 0) is 22.4 Å². The number of carbonyl (C=O) groups excluding carboxylic acids is 2. The molecule has 1 fully saturated rings. The Morgan fingerprint density at radius 2 is 1.81 bits per heavy atom. The van der Waals surface area contributed by atoms with Crippen LogP contribution < -0.4 is 10.2 Å². The summed E-state index contributed by atoms with van der Waals surface area (Å²) >= 11 is 1.40. The first-order chi connectivity index (χ1) is 15.7. The number of aryl methyl sites for hydroxylation is 2. The van der Waals surface area contributed by atoms with Crippen LogP contribution in [0.3, 0.4) is 0 Å². The van der Waals surface area contributed by atoms with Crippen LogP contribution in [-0.4, -0.2) is 23.3 Å². The van der Waals surface area contributed by atoms with Gasteiger partial charge in [-0.2, -0.15) is 0 Å². The Balaban J connectivity index is 1.22. The van der Waals surface area contributed by atoms with Gasteiger partial charge in [0.25, 0.3) is 0 Å². The number of aromatic nitrogens is 1. The lowest BCUT2D eigenvalue weighted by Crippen LogP contribution is -2.28. The van der Waals surface area contributed by atoms with Crippen molar-refractivity contribution in [2.45, 2.75) is 19.3 Å². The summed E-state index contributed by atoms with van der Waals surface area (Å²) in [5, 5.41) is 7.81. The maximum Gasteiger partial charge on any atom is 0.231 e. The van der Waals surface area contributed by atoms with E-state index in [4.69, 9.17) is 0 Å². The molecule has 1 aromatic heterocycles. The summed E-state index contributed by atoms with van der Waals surface area (Å²) in [6, 6.07) is 20.4. The van der Waals surface area contributed by atoms with E-state index in [0.29, 0.717) is 11.7 Å². The van der Waals surface area contributed by atoms with Crippen molar-refractivity contribution in [2.75, 3.05) is 16.8 Å². The summed E-state index contributed by atoms with van der Waals surface area (Å²) in [7, 11) is 0. The summed E-state index contributed by atoms with van der Waals surface area (Å²) in [4.78, 5) is 32.2. The molecule has 5 nitrogen and oxygen atoms in total. The van der Waals surface area contributed by atoms with E-state index in [0.717, 1.165) is 35.2 Å². The van der Waals surface area contributed by atoms with E-state index < -0.39 is 5.92 Å². The van der Waals surface area contributed by atoms with Crippen LogP contribution in [0.2, 0.25) is 0 Å². The molecule has 0 saturated carbocycles. The third kappa shape index (κ3) is 3.19. The Morgan fingerprint density at radius 1 is 1.00 bits per heavy atom. The minimum atomic E-state index is -0.394. The van der Waals surface area contributed by atoms with Crippen LogP contribution >= 0.6 is 11.3 Å². The van der Waals surface area contributed by atoms with Gasteiger partial charge < -0.3 is 10.2 Å². The van der Waals surface area contributed by atoms with Crippen LogP contribution in [0.1, 0.15) is 17.5 Å². The SMILES string of the molecule is O=C(Nc1nc(-c2ccccc2)cs1)[C@@H]1CC(=O)N(c2ccc3c4c(cccc24)CC3)C1. The van der Waals surface area contributed by atoms with Crippen molar-refractivity contribution in [1.82, 2.24) is 4.98 Å². The standard InChI is InChI=1S/C26H21N3O2S/c30-23-13-19(25(31)28-26-27-21(15-32-26)16-5-2-1-3-6-16)14-29(23)22-12-11-18-10-9-17-7-4-8-20(22)24(17)18/h1-8,11-12,15,19H,9-10,13-14H2,(H,27,28,31)/t19-/m1/s1. The van der Waals surface area contributed by atoms with Gasteiger partial charge in [-0.1, -0.05) is 54.6 Å². The van der Waals surface area contributed by atoms with Gasteiger partial charge in [-0.05, 0) is 35.4 Å². The summed E-state index contributed by atoms with van der Waals surface area (Å²) in [5.41, 5.74) is 5.45. The average Bonchev–Trinajstić information content (AvgIpc) is 3.55. The zero-order chi connectivity index (χ0) is 21.7. The van der Waals surface area contributed by atoms with Crippen LogP contribution in [0.15, 0.2) is 66.0 Å². The van der Waals surface area contributed by atoms with E-state index in [-0.39, 0.29) is 18.2 Å². The third-order valence-electron chi connectivity index (χ3n) is 6.44. The summed E-state index contributed by atoms with van der Waals surface area (Å²) in [5.74, 6) is -0.552. The topological polar surface area (TPSA) is 62.3 Å². The molecule has 3 aromatic carbocycles. The zero-order valence-electron chi connectivity index (χ0n) is 17.4. The monoisotopic (exact) mass is 439 g/mol. The quantitative estimate of drug-likeness (QED) is 0.484. The molecule has 2 amide bonds. The number of hydrogen-bond acceptors (Lipinski definition) is 4. The molecule has 158 valence electrons. The molecule has 2 heterocycles. The van der Waals surface area contributed by atoms with Crippen molar-refractivity contribution < 1.29 is 9.59 Å². The Bertz CT molecular complexity index is 1350. The number of amides is 2. The normalized spacial score (nSPS) is 17.3. The molecule has 0 radical (unpaired) electrons. The fraction of sp³-hybridized carbons (Fsp3) is 0.192. The summed E-state index contributed by atoms with van der Waals surface area (Å²) < 4.78 is 0. The lowest BCUT2D eigenvalue weighted by atomic mass is 10.0. The van der Waals surface area contributed by atoms with Crippen molar-refractivity contribution >= 4 is 44.7 Å². The van der Waals surface area contributed by atoms with Gasteiger partial charge in [0, 0.05) is 29.3 Å². The summed E-state index contributed by atoms with van der Waals surface area (Å²) in [6.45, 7) is 0.389. The number of nitrogens with zero attached hydrogens (tertiary/aromatic N) is 2. The van der Waals surface area contributed by atoms with Gasteiger partial charge in [0.05, 0.1) is 17.3 Å². The number of hydrogen-bond donors (Lipinski definition) is 1. The molecule has 0 bridgehead atoms. The molecule has 2 aliphatic rings. The van der Waals surface area contributed by atoms with E-state index in [1.54, 1.807) is 4.90 Å². The Hall–Kier alpha value is -3.51. The molecular weight excluding hydrogens is 418 g/mol. The maximum absolute atomic E-state index is 12.9. The highest BCUT2D eigenvalue weighted by Crippen LogP contribution is 2.38. The minimum absolute atomic E-state index is 0.00652. The van der Waals surface area contributed by atoms with E-state index in [1.165, 1.54) is 27.8 Å². The molecule has 0 spiro atoms. The summed E-state index contributed by atoms with van der Waals surface area (Å²) in [6.07, 6.45) is 2.31. The first kappa shape index (κ1) is 19.2. The van der Waals surface area contributed by atoms with Crippen molar-refractivity contribution in [3.63, 3.8) is 0 Å². The molecule has 1 aliphatic carbocycles. The second kappa shape index (κ2) is 7.57. The average molecular weight is 440 g/mol. The van der Waals surface area contributed by atoms with Crippen molar-refractivity contribution in [1.29, 1.82) is 0 Å². The molecule has 6 rings (SSSR count). The molecular formula is C26H21N3O2S. The van der Waals surface area contributed by atoms with Gasteiger partial charge in [-0.25, -0.2) is 4.98 Å². The second-order valence-electron chi connectivity index (χ2n) is 8.38. The first-order valence-corrected chi connectivity index (χ1v) is 11.7. The molecule has 1 atom stereocenters. The van der Waals surface area contributed by atoms with Gasteiger partial charge in [-0.15, -0.1) is 11.3 Å². The maximum atomic E-state index is 12.9. The molecule has 32 heavy (non-hydrogen) atoms. The number of thiazole rings is 1. The highest BCUT2D eigenvalue weighted by Gasteiger charge is 2.36. The first-order valence-electron chi connectivity index (χ1n) is 10.8. The van der Waals surface area contributed by atoms with Crippen molar-refractivity contribution in [2.24, 2.45) is 5.92 Å². The Morgan fingerprint density at radius 3 is 2.66 bits per heavy atom. The van der Waals surface area contributed by atoms with Gasteiger partial charge in [0.2, 0.25) is 11.8 Å². The van der Waals surface area contributed by atoms with Crippen LogP contribution in [0, 0.1) is 5.92 Å². The van der Waals surface area contributed by atoms with E-state index in [2.05, 4.69) is 34.6 Å². The predicted octanol–water partition coefficient (Wildman–Crippen LogP) is 5.05. The van der Waals surface area contributed by atoms with Gasteiger partial charge in [-0.3, -0.25) is 9.59 Å². The Labute approximate surface area is 189 Å². The molecule has 4 aromatic rings. The predicted molar refractivity (Wildman–Crippen MR) is 128 cm³/mol. The van der Waals surface area contributed by atoms with Crippen LogP contribution in [0.5, 0.6) is 0 Å². The number of benzene rings is 3. The lowest BCUT2D eigenvalue weighted by molar-refractivity contribution is -0.122. The largest absolute Gasteiger partial charge is 0.311 e. The van der Waals surface area contributed by atoms with E-state index >= 15 is 0 Å². The lowest BCUT2D eigenvalue weighted by Gasteiger charge is -2.19. The fourth-order valence-electron chi connectivity index (χ4n) is 4.86. The van der Waals surface area contributed by atoms with Gasteiger partial charge in [0.15, 0.2) is 5.13 Å². The molecule has 6 heteroatoms. The Kier molecular flexibility index (Phi) is 4.54. The van der Waals surface area contributed by atoms with Crippen LogP contribution in [0.25, 0.3) is 22.0 Å². The number of rotatable bonds is 4. The fourth-order valence-corrected chi connectivity index (χ4v) is 5.59. The van der Waals surface area contributed by atoms with Gasteiger partial charge in [0.1, 0.15) is 0 Å². The number of nitrogens with one attached hydrogen (secondary N) is 1. The molecule has 1 N–H and O–H groups in total. The van der Waals surface area contributed by atoms with E-state index in [9.17, 15) is 9.59 Å². The minimum Gasteiger partial charge on any atom is -0.311 e.